The van der Waals surface area contributed by atoms with Crippen LogP contribution < -0.4 is 5.32 Å². The first-order valence-electron chi connectivity index (χ1n) is 8.70. The number of rotatable bonds is 6. The molecule has 26 heavy (non-hydrogen) atoms. The number of carbonyl (C=O) groups excluding carboxylic acids is 1. The average molecular weight is 408 g/mol. The lowest BCUT2D eigenvalue weighted by atomic mass is 9.97. The highest BCUT2D eigenvalue weighted by atomic mass is 79.9. The number of carbonyl (C=O) groups is 1. The van der Waals surface area contributed by atoms with Crippen molar-refractivity contribution in [3.05, 3.63) is 99.5 Å². The van der Waals surface area contributed by atoms with Gasteiger partial charge >= 0.3 is 0 Å². The second-order valence-electron chi connectivity index (χ2n) is 6.54. The molecule has 3 heteroatoms. The van der Waals surface area contributed by atoms with Gasteiger partial charge in [0, 0.05) is 22.1 Å². The number of halogens is 1. The van der Waals surface area contributed by atoms with Crippen molar-refractivity contribution in [3.8, 4) is 0 Å². The third kappa shape index (κ3) is 4.61. The molecule has 0 spiro atoms. The zero-order chi connectivity index (χ0) is 18.5. The van der Waals surface area contributed by atoms with Crippen molar-refractivity contribution < 1.29 is 4.79 Å². The second-order valence-corrected chi connectivity index (χ2v) is 7.46. The molecule has 0 aliphatic carbocycles. The van der Waals surface area contributed by atoms with Crippen molar-refractivity contribution in [1.82, 2.24) is 0 Å². The minimum atomic E-state index is -0.0853. The number of nitrogens with one attached hydrogen (secondary N) is 1. The Balaban J connectivity index is 1.87. The molecule has 0 radical (unpaired) electrons. The number of Topliss-reactive ketones (excluding diaryl/α,β-unsaturated/α-hetero) is 1. The molecule has 0 amide bonds. The topological polar surface area (TPSA) is 29.1 Å². The van der Waals surface area contributed by atoms with Crippen molar-refractivity contribution in [2.24, 2.45) is 0 Å². The first-order chi connectivity index (χ1) is 12.5. The molecule has 1 unspecified atom stereocenters. The molecule has 3 rings (SSSR count). The van der Waals surface area contributed by atoms with Crippen LogP contribution in [0, 0.1) is 13.8 Å². The maximum Gasteiger partial charge on any atom is 0.165 e. The summed E-state index contributed by atoms with van der Waals surface area (Å²) in [6.07, 6.45) is 0.401. The van der Waals surface area contributed by atoms with Gasteiger partial charge in [0.05, 0.1) is 6.04 Å². The summed E-state index contributed by atoms with van der Waals surface area (Å²) in [6.45, 7) is 4.20. The molecule has 132 valence electrons. The molecule has 0 aliphatic heterocycles. The first-order valence-corrected chi connectivity index (χ1v) is 9.50. The zero-order valence-electron chi connectivity index (χ0n) is 15.0. The lowest BCUT2D eigenvalue weighted by molar-refractivity contribution is 0.0976. The molecule has 0 fully saturated rings. The smallest absolute Gasteiger partial charge is 0.165 e. The van der Waals surface area contributed by atoms with Gasteiger partial charge in [-0.3, -0.25) is 4.79 Å². The molecular weight excluding hydrogens is 386 g/mol. The minimum absolute atomic E-state index is 0.0853. The Morgan fingerprint density at radius 1 is 0.923 bits per heavy atom. The predicted octanol–water partition coefficient (Wildman–Crippen LogP) is 6.49. The van der Waals surface area contributed by atoms with E-state index in [-0.39, 0.29) is 11.8 Å². The van der Waals surface area contributed by atoms with E-state index < -0.39 is 0 Å². The summed E-state index contributed by atoms with van der Waals surface area (Å²) in [5.74, 6) is 0.134. The van der Waals surface area contributed by atoms with Crippen LogP contribution in [-0.4, -0.2) is 5.78 Å². The summed E-state index contributed by atoms with van der Waals surface area (Å²) in [5.41, 5.74) is 5.36. The van der Waals surface area contributed by atoms with Crippen molar-refractivity contribution in [2.75, 3.05) is 5.32 Å². The molecule has 3 aromatic rings. The molecule has 0 aliphatic rings. The molecule has 1 atom stereocenters. The summed E-state index contributed by atoms with van der Waals surface area (Å²) in [5, 5.41) is 3.55. The molecule has 0 saturated heterocycles. The molecule has 0 bridgehead atoms. The standard InChI is InChI=1S/C23H22BrNO/c1-16-8-13-21(14-17(16)2)25-22(18-9-11-20(24)12-10-18)15-23(26)19-6-4-3-5-7-19/h3-14,22,25H,15H2,1-2H3. The highest BCUT2D eigenvalue weighted by molar-refractivity contribution is 9.10. The number of anilines is 1. The molecular formula is C23H22BrNO. The van der Waals surface area contributed by atoms with Crippen molar-refractivity contribution >= 4 is 27.4 Å². The molecule has 0 aromatic heterocycles. The quantitative estimate of drug-likeness (QED) is 0.472. The summed E-state index contributed by atoms with van der Waals surface area (Å²) in [4.78, 5) is 12.8. The predicted molar refractivity (Wildman–Crippen MR) is 112 cm³/mol. The Labute approximate surface area is 163 Å². The molecule has 2 nitrogen and oxygen atoms in total. The third-order valence-electron chi connectivity index (χ3n) is 4.61. The Morgan fingerprint density at radius 3 is 2.27 bits per heavy atom. The SMILES string of the molecule is Cc1ccc(NC(CC(=O)c2ccccc2)c2ccc(Br)cc2)cc1C. The van der Waals surface area contributed by atoms with Gasteiger partial charge in [-0.1, -0.05) is 64.5 Å². The highest BCUT2D eigenvalue weighted by Gasteiger charge is 2.17. The van der Waals surface area contributed by atoms with Gasteiger partial charge in [0.2, 0.25) is 0 Å². The monoisotopic (exact) mass is 407 g/mol. The van der Waals surface area contributed by atoms with E-state index in [0.29, 0.717) is 6.42 Å². The van der Waals surface area contributed by atoms with Gasteiger partial charge in [-0.25, -0.2) is 0 Å². The van der Waals surface area contributed by atoms with Crippen LogP contribution in [0.25, 0.3) is 0 Å². The van der Waals surface area contributed by atoms with E-state index in [1.54, 1.807) is 0 Å². The average Bonchev–Trinajstić information content (AvgIpc) is 2.65. The largest absolute Gasteiger partial charge is 0.378 e. The van der Waals surface area contributed by atoms with Crippen LogP contribution in [0.4, 0.5) is 5.69 Å². The van der Waals surface area contributed by atoms with E-state index in [0.717, 1.165) is 21.3 Å². The number of hydrogen-bond acceptors (Lipinski definition) is 2. The van der Waals surface area contributed by atoms with Crippen LogP contribution >= 0.6 is 15.9 Å². The van der Waals surface area contributed by atoms with E-state index in [2.05, 4.69) is 65.4 Å². The summed E-state index contributed by atoms with van der Waals surface area (Å²) < 4.78 is 1.03. The first kappa shape index (κ1) is 18.4. The summed E-state index contributed by atoms with van der Waals surface area (Å²) in [7, 11) is 0. The van der Waals surface area contributed by atoms with E-state index in [1.165, 1.54) is 11.1 Å². The number of aryl methyl sites for hydroxylation is 2. The molecule has 3 aromatic carbocycles. The van der Waals surface area contributed by atoms with Gasteiger partial charge in [-0.05, 0) is 54.8 Å². The van der Waals surface area contributed by atoms with Crippen LogP contribution in [0.3, 0.4) is 0 Å². The lowest BCUT2D eigenvalue weighted by Gasteiger charge is -2.21. The van der Waals surface area contributed by atoms with Gasteiger partial charge in [0.1, 0.15) is 0 Å². The molecule has 0 heterocycles. The Morgan fingerprint density at radius 2 is 1.62 bits per heavy atom. The van der Waals surface area contributed by atoms with Gasteiger partial charge in [-0.15, -0.1) is 0 Å². The zero-order valence-corrected chi connectivity index (χ0v) is 16.6. The second kappa shape index (κ2) is 8.33. The normalized spacial score (nSPS) is 11.8. The number of hydrogen-bond donors (Lipinski definition) is 1. The van der Waals surface area contributed by atoms with Gasteiger partial charge in [0.25, 0.3) is 0 Å². The van der Waals surface area contributed by atoms with Crippen LogP contribution in [0.1, 0.15) is 39.5 Å². The van der Waals surface area contributed by atoms with Crippen LogP contribution in [0.5, 0.6) is 0 Å². The minimum Gasteiger partial charge on any atom is -0.378 e. The molecule has 0 saturated carbocycles. The fraction of sp³-hybridized carbons (Fsp3) is 0.174. The summed E-state index contributed by atoms with van der Waals surface area (Å²) in [6, 6.07) is 23.8. The maximum atomic E-state index is 12.8. The van der Waals surface area contributed by atoms with Crippen LogP contribution in [0.2, 0.25) is 0 Å². The Bertz CT molecular complexity index is 888. The third-order valence-corrected chi connectivity index (χ3v) is 5.13. The van der Waals surface area contributed by atoms with E-state index in [4.69, 9.17) is 0 Å². The van der Waals surface area contributed by atoms with Gasteiger partial charge in [-0.2, -0.15) is 0 Å². The van der Waals surface area contributed by atoms with E-state index >= 15 is 0 Å². The highest BCUT2D eigenvalue weighted by Crippen LogP contribution is 2.27. The fourth-order valence-electron chi connectivity index (χ4n) is 2.91. The van der Waals surface area contributed by atoms with Crippen molar-refractivity contribution in [1.29, 1.82) is 0 Å². The number of benzene rings is 3. The van der Waals surface area contributed by atoms with Crippen molar-refractivity contribution in [3.63, 3.8) is 0 Å². The fourth-order valence-corrected chi connectivity index (χ4v) is 3.17. The Hall–Kier alpha value is -2.39. The van der Waals surface area contributed by atoms with Crippen LogP contribution in [-0.2, 0) is 0 Å². The Kier molecular flexibility index (Phi) is 5.89. The van der Waals surface area contributed by atoms with Gasteiger partial charge in [0.15, 0.2) is 5.78 Å². The maximum absolute atomic E-state index is 12.8. The summed E-state index contributed by atoms with van der Waals surface area (Å²) >= 11 is 3.48. The van der Waals surface area contributed by atoms with E-state index in [9.17, 15) is 4.79 Å². The van der Waals surface area contributed by atoms with Crippen LogP contribution in [0.15, 0.2) is 77.3 Å². The van der Waals surface area contributed by atoms with E-state index in [1.807, 2.05) is 42.5 Å². The van der Waals surface area contributed by atoms with Crippen molar-refractivity contribution in [2.45, 2.75) is 26.3 Å². The number of ketones is 1. The lowest BCUT2D eigenvalue weighted by Crippen LogP contribution is -2.16. The molecule has 1 N–H and O–H groups in total. The van der Waals surface area contributed by atoms with Gasteiger partial charge < -0.3 is 5.32 Å².